The molecular formula is C9H10N2O4S2. The third-order valence-electron chi connectivity index (χ3n) is 2.02. The molecule has 17 heavy (non-hydrogen) atoms. The second kappa shape index (κ2) is 5.22. The molecule has 0 unspecified atom stereocenters. The van der Waals surface area contributed by atoms with Crippen molar-refractivity contribution in [3.63, 3.8) is 0 Å². The summed E-state index contributed by atoms with van der Waals surface area (Å²) >= 11 is 0. The van der Waals surface area contributed by atoms with E-state index in [2.05, 4.69) is 4.79 Å². The summed E-state index contributed by atoms with van der Waals surface area (Å²) in [5.74, 6) is -0.817. The third-order valence-corrected chi connectivity index (χ3v) is 4.53. The molecule has 6 nitrogen and oxygen atoms in total. The second-order valence-electron chi connectivity index (χ2n) is 3.30. The van der Waals surface area contributed by atoms with Crippen LogP contribution < -0.4 is 0 Å². The van der Waals surface area contributed by atoms with Crippen LogP contribution in [0.2, 0.25) is 0 Å². The number of sulfone groups is 1. The van der Waals surface area contributed by atoms with Crippen LogP contribution in [-0.2, 0) is 20.5 Å². The highest BCUT2D eigenvalue weighted by molar-refractivity contribution is 8.07. The lowest BCUT2D eigenvalue weighted by Crippen LogP contribution is -2.21. The quantitative estimate of drug-likeness (QED) is 0.275. The van der Waals surface area contributed by atoms with Crippen LogP contribution >= 0.6 is 0 Å². The van der Waals surface area contributed by atoms with Gasteiger partial charge in [-0.05, 0) is 19.1 Å². The molecule has 0 aliphatic heterocycles. The topological polar surface area (TPSA) is 105 Å². The number of benzene rings is 1. The van der Waals surface area contributed by atoms with Crippen LogP contribution in [-0.4, -0.2) is 32.4 Å². The molecule has 0 spiro atoms. The monoisotopic (exact) mass is 274 g/mol. The summed E-state index contributed by atoms with van der Waals surface area (Å²) < 4.78 is 44.7. The summed E-state index contributed by atoms with van der Waals surface area (Å²) in [4.78, 5) is 2.44. The third kappa shape index (κ3) is 3.23. The van der Waals surface area contributed by atoms with Crippen molar-refractivity contribution in [2.75, 3.05) is 5.75 Å². The van der Waals surface area contributed by atoms with Crippen molar-refractivity contribution in [3.05, 3.63) is 35.4 Å². The van der Waals surface area contributed by atoms with Crippen LogP contribution in [0, 0.1) is 6.92 Å². The average molecular weight is 274 g/mol. The van der Waals surface area contributed by atoms with E-state index in [-0.39, 0.29) is 4.90 Å². The molecule has 0 atom stereocenters. The van der Waals surface area contributed by atoms with E-state index in [0.717, 1.165) is 5.56 Å². The molecule has 0 aliphatic carbocycles. The predicted molar refractivity (Wildman–Crippen MR) is 62.2 cm³/mol. The highest BCUT2D eigenvalue weighted by Gasteiger charge is 2.30. The molecule has 0 fully saturated rings. The van der Waals surface area contributed by atoms with Crippen LogP contribution in [0.4, 0.5) is 0 Å². The lowest BCUT2D eigenvalue weighted by atomic mass is 10.2. The van der Waals surface area contributed by atoms with Gasteiger partial charge in [-0.25, -0.2) is 16.8 Å². The van der Waals surface area contributed by atoms with E-state index >= 15 is 0 Å². The average Bonchev–Trinajstić information content (AvgIpc) is 2.26. The molecule has 0 N–H and O–H groups in total. The summed E-state index contributed by atoms with van der Waals surface area (Å²) in [5, 5.41) is -0.780. The van der Waals surface area contributed by atoms with Gasteiger partial charge in [-0.3, -0.25) is 0 Å². The van der Waals surface area contributed by atoms with Crippen LogP contribution in [0.5, 0.6) is 0 Å². The Morgan fingerprint density at radius 1 is 1.29 bits per heavy atom. The van der Waals surface area contributed by atoms with Gasteiger partial charge >= 0.3 is 5.04 Å². The molecule has 1 aromatic carbocycles. The summed E-state index contributed by atoms with van der Waals surface area (Å²) in [7, 11) is -7.02. The van der Waals surface area contributed by atoms with Crippen molar-refractivity contribution in [1.82, 2.24) is 0 Å². The summed E-state index contributed by atoms with van der Waals surface area (Å²) in [5.41, 5.74) is 9.43. The van der Waals surface area contributed by atoms with E-state index in [9.17, 15) is 16.8 Å². The van der Waals surface area contributed by atoms with Gasteiger partial charge in [0.1, 0.15) is 0 Å². The Kier molecular flexibility index (Phi) is 4.17. The van der Waals surface area contributed by atoms with Gasteiger partial charge in [0.05, 0.1) is 4.90 Å². The van der Waals surface area contributed by atoms with Gasteiger partial charge in [-0.1, -0.05) is 17.7 Å². The van der Waals surface area contributed by atoms with Crippen molar-refractivity contribution in [2.45, 2.75) is 11.8 Å². The molecule has 92 valence electrons. The van der Waals surface area contributed by atoms with Gasteiger partial charge in [0.25, 0.3) is 9.84 Å². The number of hydrogen-bond donors (Lipinski definition) is 1. The predicted octanol–water partition coefficient (Wildman–Crippen LogP) is 0.00842. The Balaban J connectivity index is 3.28. The minimum Gasteiger partial charge on any atom is -0.360 e. The molecule has 0 aliphatic rings. The lowest BCUT2D eigenvalue weighted by molar-refractivity contribution is -0.000785. The van der Waals surface area contributed by atoms with Crippen molar-refractivity contribution in [1.29, 1.82) is 0 Å². The molecule has 0 amide bonds. The fourth-order valence-corrected chi connectivity index (χ4v) is 3.29. The van der Waals surface area contributed by atoms with Crippen LogP contribution in [0.3, 0.4) is 0 Å². The van der Waals surface area contributed by atoms with E-state index in [1.165, 1.54) is 12.1 Å². The molecule has 0 saturated carbocycles. The van der Waals surface area contributed by atoms with Gasteiger partial charge in [0, 0.05) is 0 Å². The maximum atomic E-state index is 11.9. The number of aryl methyl sites for hydroxylation is 1. The summed E-state index contributed by atoms with van der Waals surface area (Å²) in [6, 6.07) is 5.79. The molecule has 0 heterocycles. The minimum absolute atomic E-state index is 0.104. The summed E-state index contributed by atoms with van der Waals surface area (Å²) in [6.45, 7) is 1.78. The first-order chi connectivity index (χ1) is 7.87. The van der Waals surface area contributed by atoms with Crippen molar-refractivity contribution in [3.8, 4) is 0 Å². The molecule has 0 aromatic heterocycles. The zero-order chi connectivity index (χ0) is 13.1. The van der Waals surface area contributed by atoms with Crippen LogP contribution in [0.25, 0.3) is 5.53 Å². The number of rotatable bonds is 3. The Morgan fingerprint density at radius 2 is 1.82 bits per heavy atom. The molecule has 1 aromatic rings. The van der Waals surface area contributed by atoms with Gasteiger partial charge in [-0.2, -0.15) is 4.79 Å². The van der Waals surface area contributed by atoms with Crippen LogP contribution in [0.15, 0.2) is 29.2 Å². The van der Waals surface area contributed by atoms with E-state index in [0.29, 0.717) is 0 Å². The van der Waals surface area contributed by atoms with E-state index in [4.69, 9.17) is 5.53 Å². The fraction of sp³-hybridized carbons (Fsp3) is 0.222. The van der Waals surface area contributed by atoms with Crippen molar-refractivity contribution >= 4 is 25.6 Å². The first-order valence-electron chi connectivity index (χ1n) is 4.52. The number of hydrogen-bond acceptors (Lipinski definition) is 4. The second-order valence-corrected chi connectivity index (χ2v) is 6.23. The van der Waals surface area contributed by atoms with Crippen LogP contribution in [0.1, 0.15) is 5.56 Å². The Hall–Kier alpha value is -1.50. The Morgan fingerprint density at radius 3 is 2.24 bits per heavy atom. The SMILES string of the molecule is Cc1ccc(S(=O)(=O)C(C[SH](=O)=O)=[N+]=[N-])cc1. The number of nitrogens with zero attached hydrogens (tertiary/aromatic N) is 2. The van der Waals surface area contributed by atoms with E-state index < -0.39 is 31.3 Å². The maximum absolute atomic E-state index is 11.9. The van der Waals surface area contributed by atoms with Crippen molar-refractivity contribution in [2.24, 2.45) is 0 Å². The smallest absolute Gasteiger partial charge is 0.360 e. The first kappa shape index (κ1) is 13.6. The highest BCUT2D eigenvalue weighted by atomic mass is 32.2. The van der Waals surface area contributed by atoms with Gasteiger partial charge < -0.3 is 5.53 Å². The zero-order valence-corrected chi connectivity index (χ0v) is 10.6. The van der Waals surface area contributed by atoms with Gasteiger partial charge in [-0.15, -0.1) is 0 Å². The van der Waals surface area contributed by atoms with Crippen molar-refractivity contribution < 1.29 is 21.6 Å². The first-order valence-corrected chi connectivity index (χ1v) is 7.37. The minimum atomic E-state index is -4.05. The number of thiol groups is 1. The molecular weight excluding hydrogens is 264 g/mol. The molecule has 0 saturated heterocycles. The van der Waals surface area contributed by atoms with Gasteiger partial charge in [0.15, 0.2) is 16.5 Å². The largest absolute Gasteiger partial charge is 0.400 e. The van der Waals surface area contributed by atoms with Gasteiger partial charge in [0.2, 0.25) is 0 Å². The maximum Gasteiger partial charge on any atom is 0.400 e. The molecule has 0 bridgehead atoms. The lowest BCUT2D eigenvalue weighted by Gasteiger charge is -1.98. The molecule has 0 radical (unpaired) electrons. The fourth-order valence-electron chi connectivity index (χ4n) is 1.13. The van der Waals surface area contributed by atoms with E-state index in [1.807, 2.05) is 0 Å². The normalized spacial score (nSPS) is 11.2. The Labute approximate surface area is 100 Å². The Bertz CT molecular complexity index is 630. The standard InChI is InChI=1S/C9H10N2O4S2/c1-7-2-4-8(5-3-7)17(14,15)9(11-10)6-16(12)13/h2-5,16H,6H2,1H3. The molecule has 1 rings (SSSR count). The van der Waals surface area contributed by atoms with E-state index in [1.54, 1.807) is 19.1 Å². The highest BCUT2D eigenvalue weighted by Crippen LogP contribution is 2.12. The zero-order valence-electron chi connectivity index (χ0n) is 8.90. The summed E-state index contributed by atoms with van der Waals surface area (Å²) in [6.07, 6.45) is 0. The molecule has 8 heteroatoms.